The van der Waals surface area contributed by atoms with Gasteiger partial charge in [-0.1, -0.05) is 6.07 Å². The number of nitrogens with zero attached hydrogens (tertiary/aromatic N) is 1. The second-order valence-corrected chi connectivity index (χ2v) is 3.95. The molecule has 0 amide bonds. The third kappa shape index (κ3) is 2.56. The molecule has 0 saturated heterocycles. The number of nitrogens with one attached hydrogen (secondary N) is 1. The van der Waals surface area contributed by atoms with Crippen LogP contribution in [0.15, 0.2) is 36.5 Å². The maximum Gasteiger partial charge on any atom is 0.142 e. The van der Waals surface area contributed by atoms with Gasteiger partial charge in [-0.05, 0) is 31.3 Å². The number of ether oxygens (including phenoxy) is 1. The predicted octanol–water partition coefficient (Wildman–Crippen LogP) is 2.68. The highest BCUT2D eigenvalue weighted by atomic mass is 19.1. The first-order valence-electron chi connectivity index (χ1n) is 5.79. The van der Waals surface area contributed by atoms with E-state index in [1.807, 2.05) is 0 Å². The van der Waals surface area contributed by atoms with Gasteiger partial charge in [0.2, 0.25) is 0 Å². The summed E-state index contributed by atoms with van der Waals surface area (Å²) in [5.41, 5.74) is 0.374. The van der Waals surface area contributed by atoms with Crippen LogP contribution in [-0.2, 0) is 0 Å². The SMILES string of the molecule is CNC(c1ncccc1OC)c1c(F)cccc1F. The number of halogens is 2. The Labute approximate surface area is 110 Å². The van der Waals surface area contributed by atoms with E-state index in [1.54, 1.807) is 25.4 Å². The molecule has 2 rings (SSSR count). The number of aromatic nitrogens is 1. The van der Waals surface area contributed by atoms with Crippen molar-refractivity contribution in [3.63, 3.8) is 0 Å². The average molecular weight is 264 g/mol. The average Bonchev–Trinajstić information content (AvgIpc) is 2.43. The first-order chi connectivity index (χ1) is 9.19. The highest BCUT2D eigenvalue weighted by molar-refractivity contribution is 5.37. The topological polar surface area (TPSA) is 34.2 Å². The summed E-state index contributed by atoms with van der Waals surface area (Å²) < 4.78 is 32.9. The van der Waals surface area contributed by atoms with Gasteiger partial charge in [0.15, 0.2) is 0 Å². The van der Waals surface area contributed by atoms with Gasteiger partial charge in [-0.2, -0.15) is 0 Å². The zero-order valence-corrected chi connectivity index (χ0v) is 10.7. The third-order valence-corrected chi connectivity index (χ3v) is 2.87. The third-order valence-electron chi connectivity index (χ3n) is 2.87. The minimum atomic E-state index is -0.711. The fourth-order valence-electron chi connectivity index (χ4n) is 2.00. The zero-order valence-electron chi connectivity index (χ0n) is 10.7. The van der Waals surface area contributed by atoms with Gasteiger partial charge < -0.3 is 10.1 Å². The summed E-state index contributed by atoms with van der Waals surface area (Å²) >= 11 is 0. The van der Waals surface area contributed by atoms with Crippen LogP contribution in [0.2, 0.25) is 0 Å². The van der Waals surface area contributed by atoms with Crippen LogP contribution in [0.25, 0.3) is 0 Å². The van der Waals surface area contributed by atoms with E-state index in [0.29, 0.717) is 11.4 Å². The largest absolute Gasteiger partial charge is 0.495 e. The normalized spacial score (nSPS) is 12.2. The Morgan fingerprint density at radius 2 is 1.84 bits per heavy atom. The van der Waals surface area contributed by atoms with Crippen molar-refractivity contribution in [2.75, 3.05) is 14.2 Å². The molecule has 0 radical (unpaired) electrons. The summed E-state index contributed by atoms with van der Waals surface area (Å²) in [7, 11) is 3.11. The molecule has 1 aromatic carbocycles. The molecule has 2 aromatic rings. The van der Waals surface area contributed by atoms with Gasteiger partial charge in [-0.15, -0.1) is 0 Å². The van der Waals surface area contributed by atoms with Crippen molar-refractivity contribution in [1.29, 1.82) is 0 Å². The smallest absolute Gasteiger partial charge is 0.142 e. The lowest BCUT2D eigenvalue weighted by atomic mass is 10.0. The highest BCUT2D eigenvalue weighted by Gasteiger charge is 2.24. The molecule has 0 spiro atoms. The van der Waals surface area contributed by atoms with E-state index in [1.165, 1.54) is 25.3 Å². The van der Waals surface area contributed by atoms with Crippen molar-refractivity contribution in [2.45, 2.75) is 6.04 Å². The maximum atomic E-state index is 13.9. The van der Waals surface area contributed by atoms with Gasteiger partial charge in [0.25, 0.3) is 0 Å². The van der Waals surface area contributed by atoms with Gasteiger partial charge in [-0.3, -0.25) is 4.98 Å². The van der Waals surface area contributed by atoms with E-state index >= 15 is 0 Å². The van der Waals surface area contributed by atoms with E-state index in [9.17, 15) is 8.78 Å². The van der Waals surface area contributed by atoms with Crippen LogP contribution < -0.4 is 10.1 Å². The molecule has 100 valence electrons. The van der Waals surface area contributed by atoms with Crippen LogP contribution in [0.3, 0.4) is 0 Å². The molecule has 1 N–H and O–H groups in total. The number of hydrogen-bond donors (Lipinski definition) is 1. The van der Waals surface area contributed by atoms with Crippen LogP contribution in [-0.4, -0.2) is 19.1 Å². The molecule has 1 aromatic heterocycles. The van der Waals surface area contributed by atoms with E-state index in [4.69, 9.17) is 4.74 Å². The summed E-state index contributed by atoms with van der Waals surface area (Å²) in [6.07, 6.45) is 1.56. The molecule has 0 bridgehead atoms. The molecule has 19 heavy (non-hydrogen) atoms. The molecule has 0 aliphatic heterocycles. The fourth-order valence-corrected chi connectivity index (χ4v) is 2.00. The Morgan fingerprint density at radius 1 is 1.16 bits per heavy atom. The van der Waals surface area contributed by atoms with E-state index < -0.39 is 17.7 Å². The molecule has 1 atom stereocenters. The van der Waals surface area contributed by atoms with Crippen molar-refractivity contribution in [1.82, 2.24) is 10.3 Å². The van der Waals surface area contributed by atoms with Crippen LogP contribution in [0.1, 0.15) is 17.3 Å². The van der Waals surface area contributed by atoms with Crippen LogP contribution >= 0.6 is 0 Å². The van der Waals surface area contributed by atoms with Crippen LogP contribution in [0, 0.1) is 11.6 Å². The Bertz CT molecular complexity index is 555. The zero-order chi connectivity index (χ0) is 13.8. The molecule has 0 fully saturated rings. The van der Waals surface area contributed by atoms with E-state index in [2.05, 4.69) is 10.3 Å². The van der Waals surface area contributed by atoms with Crippen molar-refractivity contribution >= 4 is 0 Å². The number of pyridine rings is 1. The molecule has 5 heteroatoms. The summed E-state index contributed by atoms with van der Waals surface area (Å²) in [6, 6.07) is 6.46. The van der Waals surface area contributed by atoms with Gasteiger partial charge in [0.1, 0.15) is 23.1 Å². The quantitative estimate of drug-likeness (QED) is 0.922. The Morgan fingerprint density at radius 3 is 2.42 bits per heavy atom. The first kappa shape index (κ1) is 13.4. The summed E-state index contributed by atoms with van der Waals surface area (Å²) in [5.74, 6) is -0.761. The van der Waals surface area contributed by atoms with Crippen molar-refractivity contribution in [2.24, 2.45) is 0 Å². The summed E-state index contributed by atoms with van der Waals surface area (Å²) in [4.78, 5) is 4.16. The Kier molecular flexibility index (Phi) is 4.06. The Hall–Kier alpha value is -2.01. The first-order valence-corrected chi connectivity index (χ1v) is 5.79. The van der Waals surface area contributed by atoms with Gasteiger partial charge in [0.05, 0.1) is 13.2 Å². The molecule has 1 heterocycles. The second kappa shape index (κ2) is 5.75. The Balaban J connectivity index is 2.57. The van der Waals surface area contributed by atoms with E-state index in [-0.39, 0.29) is 5.56 Å². The maximum absolute atomic E-state index is 13.9. The van der Waals surface area contributed by atoms with Crippen LogP contribution in [0.5, 0.6) is 5.75 Å². The molecule has 0 aliphatic carbocycles. The molecular weight excluding hydrogens is 250 g/mol. The second-order valence-electron chi connectivity index (χ2n) is 3.95. The van der Waals surface area contributed by atoms with Gasteiger partial charge in [-0.25, -0.2) is 8.78 Å². The van der Waals surface area contributed by atoms with Crippen molar-refractivity contribution in [3.05, 3.63) is 59.4 Å². The van der Waals surface area contributed by atoms with Crippen LogP contribution in [0.4, 0.5) is 8.78 Å². The van der Waals surface area contributed by atoms with E-state index in [0.717, 1.165) is 0 Å². The van der Waals surface area contributed by atoms with Crippen molar-refractivity contribution < 1.29 is 13.5 Å². The molecule has 3 nitrogen and oxygen atoms in total. The van der Waals surface area contributed by atoms with Crippen molar-refractivity contribution in [3.8, 4) is 5.75 Å². The molecule has 0 aliphatic rings. The number of methoxy groups -OCH3 is 1. The molecular formula is C14H14F2N2O. The number of benzene rings is 1. The minimum Gasteiger partial charge on any atom is -0.495 e. The highest BCUT2D eigenvalue weighted by Crippen LogP contribution is 2.30. The lowest BCUT2D eigenvalue weighted by molar-refractivity contribution is 0.399. The van der Waals surface area contributed by atoms with Gasteiger partial charge >= 0.3 is 0 Å². The molecule has 1 unspecified atom stereocenters. The molecule has 0 saturated carbocycles. The monoisotopic (exact) mass is 264 g/mol. The summed E-state index contributed by atoms with van der Waals surface area (Å²) in [5, 5.41) is 2.87. The fraction of sp³-hybridized carbons (Fsp3) is 0.214. The summed E-state index contributed by atoms with van der Waals surface area (Å²) in [6.45, 7) is 0. The number of hydrogen-bond acceptors (Lipinski definition) is 3. The lowest BCUT2D eigenvalue weighted by Crippen LogP contribution is -2.22. The predicted molar refractivity (Wildman–Crippen MR) is 68.0 cm³/mol. The van der Waals surface area contributed by atoms with Gasteiger partial charge in [0, 0.05) is 11.8 Å². The number of rotatable bonds is 4. The standard InChI is InChI=1S/C14H14F2N2O/c1-17-14(12-9(15)5-3-6-10(12)16)13-11(19-2)7-4-8-18-13/h3-8,14,17H,1-2H3. The minimum absolute atomic E-state index is 0.0676. The lowest BCUT2D eigenvalue weighted by Gasteiger charge is -2.19.